The Labute approximate surface area is 454 Å². The van der Waals surface area contributed by atoms with Crippen LogP contribution >= 0.6 is 0 Å². The van der Waals surface area contributed by atoms with Crippen molar-refractivity contribution in [3.05, 3.63) is 11.6 Å². The first-order valence-corrected chi connectivity index (χ1v) is 28.0. The van der Waals surface area contributed by atoms with Gasteiger partial charge in [-0.05, 0) is 96.2 Å². The van der Waals surface area contributed by atoms with Crippen LogP contribution in [0.25, 0.3) is 0 Å². The number of aliphatic hydroxyl groups is 16. The first-order chi connectivity index (χ1) is 36.5. The lowest BCUT2D eigenvalue weighted by Crippen LogP contribution is -2.70. The van der Waals surface area contributed by atoms with Crippen LogP contribution in [0.4, 0.5) is 0 Å². The molecule has 450 valence electrons. The standard InChI is InChI=1S/C54H90O24/c1-49(2)14-23-22-8-9-29-51(5)12-11-31(50(3,4)28(51)10-13-52(29,6)53(22,7)15-30(60)54(23,21-59)32(16-49)76-45-41(69)37(65)33(61)24(17-55)71-45)75-47-43(39(67)35(63)26(19-57)73-47)78-48-44(40(68)36(64)27(20-58)74-48)77-46-42(70)38(66)34(62)25(18-56)72-46/h8,23-48,55-70H,9-21H2,1-7H3/t23-,24+,25+,26+,27+,28-,29+,30+,31-,32-,33+,34+,35+,36+,37-,38-,39-,40-,41+,42+,43+,44+,45-,46-,47+,48-,51-,52+,53+,54-/m0/s1. The molecule has 0 aromatic carbocycles. The fraction of sp³-hybridized carbons (Fsp3) is 0.963. The summed E-state index contributed by atoms with van der Waals surface area (Å²) < 4.78 is 49.1. The molecule has 9 rings (SSSR count). The Morgan fingerprint density at radius 3 is 1.42 bits per heavy atom. The molecule has 9 aliphatic rings. The molecule has 16 N–H and O–H groups in total. The minimum Gasteiger partial charge on any atom is -0.396 e. The van der Waals surface area contributed by atoms with Gasteiger partial charge in [0.05, 0.1) is 56.8 Å². The minimum atomic E-state index is -1.95. The van der Waals surface area contributed by atoms with Crippen molar-refractivity contribution in [3.63, 3.8) is 0 Å². The number of hydrogen-bond acceptors (Lipinski definition) is 24. The van der Waals surface area contributed by atoms with Crippen molar-refractivity contribution in [2.75, 3.05) is 33.0 Å². The summed E-state index contributed by atoms with van der Waals surface area (Å²) in [4.78, 5) is 0. The number of hydrogen-bond donors (Lipinski definition) is 16. The highest BCUT2D eigenvalue weighted by Gasteiger charge is 2.72. The Balaban J connectivity index is 0.974. The zero-order chi connectivity index (χ0) is 57.1. The van der Waals surface area contributed by atoms with Gasteiger partial charge in [0.25, 0.3) is 0 Å². The molecule has 4 aliphatic heterocycles. The van der Waals surface area contributed by atoms with Crippen LogP contribution in [0.2, 0.25) is 0 Å². The molecule has 78 heavy (non-hydrogen) atoms. The maximum Gasteiger partial charge on any atom is 0.187 e. The van der Waals surface area contributed by atoms with E-state index in [9.17, 15) is 81.7 Å². The molecule has 4 saturated carbocycles. The fourth-order valence-corrected chi connectivity index (χ4v) is 16.9. The first-order valence-electron chi connectivity index (χ1n) is 28.0. The van der Waals surface area contributed by atoms with E-state index in [0.29, 0.717) is 38.5 Å². The van der Waals surface area contributed by atoms with Crippen LogP contribution in [0.3, 0.4) is 0 Å². The second-order valence-corrected chi connectivity index (χ2v) is 26.5. The molecule has 0 aromatic rings. The van der Waals surface area contributed by atoms with E-state index in [1.165, 1.54) is 0 Å². The first kappa shape index (κ1) is 61.3. The molecular formula is C54H90O24. The topological polar surface area (TPSA) is 398 Å². The molecule has 24 nitrogen and oxygen atoms in total. The molecule has 0 spiro atoms. The average Bonchev–Trinajstić information content (AvgIpc) is 2.00. The summed E-state index contributed by atoms with van der Waals surface area (Å²) in [6.45, 7) is 11.9. The van der Waals surface area contributed by atoms with Gasteiger partial charge < -0.3 is 120 Å². The van der Waals surface area contributed by atoms with Crippen LogP contribution in [0.5, 0.6) is 0 Å². The quantitative estimate of drug-likeness (QED) is 0.0625. The maximum absolute atomic E-state index is 12.8. The minimum absolute atomic E-state index is 0.0161. The van der Waals surface area contributed by atoms with Crippen molar-refractivity contribution in [1.82, 2.24) is 0 Å². The Kier molecular flexibility index (Phi) is 17.6. The van der Waals surface area contributed by atoms with Gasteiger partial charge >= 0.3 is 0 Å². The summed E-state index contributed by atoms with van der Waals surface area (Å²) >= 11 is 0. The van der Waals surface area contributed by atoms with Crippen molar-refractivity contribution in [2.45, 2.75) is 241 Å². The maximum atomic E-state index is 12.8. The highest BCUT2D eigenvalue weighted by molar-refractivity contribution is 5.36. The molecule has 5 aliphatic carbocycles. The van der Waals surface area contributed by atoms with E-state index in [1.807, 2.05) is 0 Å². The smallest absolute Gasteiger partial charge is 0.187 e. The van der Waals surface area contributed by atoms with Crippen molar-refractivity contribution < 1.29 is 120 Å². The summed E-state index contributed by atoms with van der Waals surface area (Å²) in [6, 6.07) is 0. The molecule has 4 saturated heterocycles. The third-order valence-electron chi connectivity index (χ3n) is 21.6. The molecular weight excluding hydrogens is 1030 g/mol. The Morgan fingerprint density at radius 1 is 0.474 bits per heavy atom. The van der Waals surface area contributed by atoms with Crippen LogP contribution < -0.4 is 0 Å². The summed E-state index contributed by atoms with van der Waals surface area (Å²) in [5, 5.41) is 174. The van der Waals surface area contributed by atoms with Crippen LogP contribution in [0.15, 0.2) is 11.6 Å². The largest absolute Gasteiger partial charge is 0.396 e. The lowest BCUT2D eigenvalue weighted by atomic mass is 9.33. The van der Waals surface area contributed by atoms with Crippen LogP contribution in [-0.2, 0) is 37.9 Å². The zero-order valence-corrected chi connectivity index (χ0v) is 45.7. The van der Waals surface area contributed by atoms with Gasteiger partial charge in [-0.3, -0.25) is 0 Å². The fourth-order valence-electron chi connectivity index (χ4n) is 16.9. The molecule has 8 fully saturated rings. The van der Waals surface area contributed by atoms with E-state index in [1.54, 1.807) is 0 Å². The molecule has 24 heteroatoms. The predicted octanol–water partition coefficient (Wildman–Crippen LogP) is -3.62. The number of rotatable bonds is 13. The molecule has 0 amide bonds. The van der Waals surface area contributed by atoms with Gasteiger partial charge in [-0.15, -0.1) is 0 Å². The SMILES string of the molecule is CC1(C)C[C@H](O[C@@H]2O[C@H](CO)[C@@H](O)[C@H](O)[C@H]2O)[C@]2(CO)[C@H](O)C[C@]3(C)C(=CC[C@@H]4[C@@]5(C)CC[C@H](O[C@H]6O[C@H](CO)[C@@H](O)[C@H](O)[C@H]6O[C@@H]6O[C@H](CO)[C@@H](O)[C@H](O)[C@H]6O[C@@H]6O[C@H](CO)[C@@H](O)[C@H](O)[C@H]6O)C(C)(C)[C@@H]5CC[C@]43C)[C@@H]2C1. The molecule has 0 aromatic heterocycles. The summed E-state index contributed by atoms with van der Waals surface area (Å²) in [5.41, 5.74) is -2.35. The van der Waals surface area contributed by atoms with Gasteiger partial charge in [-0.25, -0.2) is 0 Å². The van der Waals surface area contributed by atoms with Gasteiger partial charge in [0.1, 0.15) is 97.7 Å². The third kappa shape index (κ3) is 9.71. The van der Waals surface area contributed by atoms with E-state index in [-0.39, 0.29) is 34.0 Å². The van der Waals surface area contributed by atoms with E-state index >= 15 is 0 Å². The highest BCUT2D eigenvalue weighted by Crippen LogP contribution is 2.76. The van der Waals surface area contributed by atoms with Gasteiger partial charge in [0, 0.05) is 0 Å². The van der Waals surface area contributed by atoms with E-state index in [4.69, 9.17) is 37.9 Å². The number of allylic oxidation sites excluding steroid dienone is 2. The Bertz CT molecular complexity index is 2100. The van der Waals surface area contributed by atoms with E-state index < -0.39 is 190 Å². The Morgan fingerprint density at radius 2 is 0.923 bits per heavy atom. The summed E-state index contributed by atoms with van der Waals surface area (Å²) in [5.74, 6) is -0.257. The molecule has 0 bridgehead atoms. The lowest BCUT2D eigenvalue weighted by molar-refractivity contribution is -0.398. The van der Waals surface area contributed by atoms with Crippen LogP contribution in [-0.4, -0.2) is 256 Å². The monoisotopic (exact) mass is 1120 g/mol. The molecule has 0 unspecified atom stereocenters. The second kappa shape index (κ2) is 22.3. The van der Waals surface area contributed by atoms with Crippen molar-refractivity contribution in [1.29, 1.82) is 0 Å². The third-order valence-corrected chi connectivity index (χ3v) is 21.6. The van der Waals surface area contributed by atoms with Gasteiger partial charge in [0.15, 0.2) is 25.2 Å². The highest BCUT2D eigenvalue weighted by atomic mass is 16.8. The van der Waals surface area contributed by atoms with Crippen molar-refractivity contribution >= 4 is 0 Å². The zero-order valence-electron chi connectivity index (χ0n) is 45.7. The average molecular weight is 1120 g/mol. The van der Waals surface area contributed by atoms with Gasteiger partial charge in [0.2, 0.25) is 0 Å². The predicted molar refractivity (Wildman–Crippen MR) is 265 cm³/mol. The van der Waals surface area contributed by atoms with E-state index in [2.05, 4.69) is 54.5 Å². The summed E-state index contributed by atoms with van der Waals surface area (Å²) in [7, 11) is 0. The van der Waals surface area contributed by atoms with Crippen molar-refractivity contribution in [3.8, 4) is 0 Å². The van der Waals surface area contributed by atoms with Crippen LogP contribution in [0, 0.1) is 50.2 Å². The normalized spacial score (nSPS) is 54.9. The molecule has 30 atom stereocenters. The summed E-state index contributed by atoms with van der Waals surface area (Å²) in [6.07, 6.45) is -29.1. The number of fused-ring (bicyclic) bond motifs is 7. The molecule has 0 radical (unpaired) electrons. The second-order valence-electron chi connectivity index (χ2n) is 26.5. The van der Waals surface area contributed by atoms with E-state index in [0.717, 1.165) is 18.4 Å². The Hall–Kier alpha value is -1.22. The number of aliphatic hydroxyl groups excluding tert-OH is 16. The van der Waals surface area contributed by atoms with Gasteiger partial charge in [-0.1, -0.05) is 60.1 Å². The number of ether oxygens (including phenoxy) is 8. The molecule has 4 heterocycles. The lowest BCUT2D eigenvalue weighted by Gasteiger charge is -2.72. The van der Waals surface area contributed by atoms with Crippen molar-refractivity contribution in [2.24, 2.45) is 50.2 Å². The van der Waals surface area contributed by atoms with Crippen LogP contribution in [0.1, 0.15) is 99.8 Å². The van der Waals surface area contributed by atoms with Gasteiger partial charge in [-0.2, -0.15) is 0 Å².